The molecule has 1 aromatic heterocycles. The van der Waals surface area contributed by atoms with Crippen LogP contribution in [0.25, 0.3) is 0 Å². The highest BCUT2D eigenvalue weighted by Crippen LogP contribution is 2.27. The molecule has 6 heteroatoms. The van der Waals surface area contributed by atoms with Gasteiger partial charge in [-0.1, -0.05) is 20.8 Å². The van der Waals surface area contributed by atoms with E-state index in [1.165, 1.54) is 34.4 Å². The van der Waals surface area contributed by atoms with Crippen molar-refractivity contribution in [2.75, 3.05) is 0 Å². The van der Waals surface area contributed by atoms with Gasteiger partial charge in [-0.2, -0.15) is 4.99 Å². The van der Waals surface area contributed by atoms with Crippen LogP contribution in [0.1, 0.15) is 41.7 Å². The van der Waals surface area contributed by atoms with Gasteiger partial charge in [0.2, 0.25) is 0 Å². The second-order valence-electron chi connectivity index (χ2n) is 6.15. The smallest absolute Gasteiger partial charge is 0.280 e. The summed E-state index contributed by atoms with van der Waals surface area (Å²) in [5, 5.41) is 0. The van der Waals surface area contributed by atoms with E-state index < -0.39 is 11.7 Å². The average molecular weight is 385 g/mol. The number of nitrogens with zero attached hydrogens (tertiary/aromatic N) is 2. The van der Waals surface area contributed by atoms with E-state index in [-0.39, 0.29) is 11.0 Å². The maximum absolute atomic E-state index is 13.3. The summed E-state index contributed by atoms with van der Waals surface area (Å²) in [5.74, 6) is -0.910. The van der Waals surface area contributed by atoms with Crippen molar-refractivity contribution in [3.05, 3.63) is 49.4 Å². The normalized spacial score (nSPS) is 12.8. The molecule has 0 aliphatic rings. The number of carbonyl (C=O) groups excluding carboxylic acids is 1. The van der Waals surface area contributed by atoms with Crippen molar-refractivity contribution in [1.29, 1.82) is 0 Å². The quantitative estimate of drug-likeness (QED) is 0.719. The summed E-state index contributed by atoms with van der Waals surface area (Å²) in [6, 6.07) is 4.01. The van der Waals surface area contributed by atoms with Gasteiger partial charge in [-0.05, 0) is 46.5 Å². The predicted molar refractivity (Wildman–Crippen MR) is 90.7 cm³/mol. The minimum atomic E-state index is -0.455. The lowest BCUT2D eigenvalue weighted by molar-refractivity contribution is 0.0996. The first-order valence-corrected chi connectivity index (χ1v) is 8.43. The minimum Gasteiger partial charge on any atom is -0.324 e. The number of hydrogen-bond donors (Lipinski definition) is 0. The van der Waals surface area contributed by atoms with Gasteiger partial charge >= 0.3 is 0 Å². The summed E-state index contributed by atoms with van der Waals surface area (Å²) in [5.41, 5.74) is 1.30. The van der Waals surface area contributed by atoms with E-state index in [2.05, 4.69) is 41.7 Å². The van der Waals surface area contributed by atoms with Crippen LogP contribution in [0.4, 0.5) is 4.39 Å². The van der Waals surface area contributed by atoms with E-state index in [9.17, 15) is 9.18 Å². The highest BCUT2D eigenvalue weighted by molar-refractivity contribution is 9.10. The monoisotopic (exact) mass is 384 g/mol. The third-order valence-electron chi connectivity index (χ3n) is 3.35. The SMILES string of the molecule is Cc1c(C(C)(C)C)sc(=NC(=O)c2cc(F)ccc2Br)n1C. The fourth-order valence-corrected chi connectivity index (χ4v) is 3.72. The maximum Gasteiger partial charge on any atom is 0.280 e. The van der Waals surface area contributed by atoms with Crippen LogP contribution in [-0.2, 0) is 12.5 Å². The fourth-order valence-electron chi connectivity index (χ4n) is 2.13. The van der Waals surface area contributed by atoms with Gasteiger partial charge in [-0.3, -0.25) is 4.79 Å². The molecule has 0 aliphatic carbocycles. The number of hydrogen-bond acceptors (Lipinski definition) is 2. The Morgan fingerprint density at radius 3 is 2.55 bits per heavy atom. The van der Waals surface area contributed by atoms with E-state index in [0.717, 1.165) is 5.69 Å². The zero-order chi connectivity index (χ0) is 16.7. The lowest BCUT2D eigenvalue weighted by Gasteiger charge is -2.17. The molecule has 118 valence electrons. The highest BCUT2D eigenvalue weighted by atomic mass is 79.9. The highest BCUT2D eigenvalue weighted by Gasteiger charge is 2.21. The van der Waals surface area contributed by atoms with Gasteiger partial charge in [0.1, 0.15) is 5.82 Å². The van der Waals surface area contributed by atoms with Crippen molar-refractivity contribution < 1.29 is 9.18 Å². The Labute approximate surface area is 141 Å². The molecule has 0 N–H and O–H groups in total. The topological polar surface area (TPSA) is 34.4 Å². The van der Waals surface area contributed by atoms with E-state index in [0.29, 0.717) is 9.27 Å². The molecule has 0 fully saturated rings. The zero-order valence-corrected chi connectivity index (χ0v) is 15.6. The van der Waals surface area contributed by atoms with Crippen molar-refractivity contribution >= 4 is 33.2 Å². The number of amides is 1. The number of benzene rings is 1. The maximum atomic E-state index is 13.3. The summed E-state index contributed by atoms with van der Waals surface area (Å²) < 4.78 is 15.8. The Morgan fingerprint density at radius 1 is 1.36 bits per heavy atom. The van der Waals surface area contributed by atoms with E-state index in [4.69, 9.17) is 0 Å². The lowest BCUT2D eigenvalue weighted by Crippen LogP contribution is -2.15. The molecule has 0 bridgehead atoms. The van der Waals surface area contributed by atoms with E-state index >= 15 is 0 Å². The standard InChI is InChI=1S/C16H18BrFN2OS/c1-9-13(16(2,3)4)22-15(20(9)5)19-14(21)11-8-10(18)6-7-12(11)17/h6-8H,1-5H3. The van der Waals surface area contributed by atoms with Crippen molar-refractivity contribution in [2.24, 2.45) is 12.0 Å². The first kappa shape index (κ1) is 17.1. The average Bonchev–Trinajstić information content (AvgIpc) is 2.69. The van der Waals surface area contributed by atoms with Crippen LogP contribution < -0.4 is 4.80 Å². The van der Waals surface area contributed by atoms with Gasteiger partial charge in [0.25, 0.3) is 5.91 Å². The molecule has 0 saturated carbocycles. The molecule has 1 amide bonds. The van der Waals surface area contributed by atoms with Gasteiger partial charge in [0, 0.05) is 22.1 Å². The minimum absolute atomic E-state index is 0.0111. The lowest BCUT2D eigenvalue weighted by atomic mass is 9.93. The van der Waals surface area contributed by atoms with Crippen molar-refractivity contribution in [1.82, 2.24) is 4.57 Å². The number of aromatic nitrogens is 1. The van der Waals surface area contributed by atoms with Crippen LogP contribution in [-0.4, -0.2) is 10.5 Å². The largest absolute Gasteiger partial charge is 0.324 e. The molecule has 2 aromatic rings. The number of rotatable bonds is 1. The van der Waals surface area contributed by atoms with Crippen LogP contribution in [0.15, 0.2) is 27.7 Å². The van der Waals surface area contributed by atoms with Crippen LogP contribution in [0.3, 0.4) is 0 Å². The molecule has 0 atom stereocenters. The predicted octanol–water partition coefficient (Wildman–Crippen LogP) is 4.34. The first-order chi connectivity index (χ1) is 10.1. The molecular formula is C16H18BrFN2OS. The van der Waals surface area contributed by atoms with Crippen molar-refractivity contribution in [2.45, 2.75) is 33.1 Å². The van der Waals surface area contributed by atoms with Crippen LogP contribution in [0, 0.1) is 12.7 Å². The fraction of sp³-hybridized carbons (Fsp3) is 0.375. The summed E-state index contributed by atoms with van der Waals surface area (Å²) in [7, 11) is 1.88. The molecular weight excluding hydrogens is 367 g/mol. The molecule has 0 radical (unpaired) electrons. The van der Waals surface area contributed by atoms with E-state index in [1.54, 1.807) is 0 Å². The Morgan fingerprint density at radius 2 is 2.00 bits per heavy atom. The molecule has 0 spiro atoms. The molecule has 0 saturated heterocycles. The van der Waals surface area contributed by atoms with Gasteiger partial charge in [-0.25, -0.2) is 4.39 Å². The third-order valence-corrected chi connectivity index (χ3v) is 5.70. The second kappa shape index (κ2) is 6.08. The number of halogens is 2. The van der Waals surface area contributed by atoms with Crippen molar-refractivity contribution in [3.63, 3.8) is 0 Å². The number of thiazole rings is 1. The summed E-state index contributed by atoms with van der Waals surface area (Å²) in [6.45, 7) is 8.39. The summed E-state index contributed by atoms with van der Waals surface area (Å²) in [4.78, 5) is 18.3. The molecule has 1 heterocycles. The van der Waals surface area contributed by atoms with Gasteiger partial charge in [0.15, 0.2) is 4.80 Å². The first-order valence-electron chi connectivity index (χ1n) is 6.82. The molecule has 0 aliphatic heterocycles. The molecule has 2 rings (SSSR count). The molecule has 3 nitrogen and oxygen atoms in total. The Balaban J connectivity index is 2.54. The van der Waals surface area contributed by atoms with Crippen molar-refractivity contribution in [3.8, 4) is 0 Å². The Hall–Kier alpha value is -1.27. The summed E-state index contributed by atoms with van der Waals surface area (Å²) >= 11 is 4.76. The molecule has 0 unspecified atom stereocenters. The Kier molecular flexibility index (Phi) is 4.73. The third kappa shape index (κ3) is 3.38. The number of carbonyl (C=O) groups is 1. The molecule has 1 aromatic carbocycles. The zero-order valence-electron chi connectivity index (χ0n) is 13.2. The van der Waals surface area contributed by atoms with Gasteiger partial charge < -0.3 is 4.57 Å². The second-order valence-corrected chi connectivity index (χ2v) is 7.98. The van der Waals surface area contributed by atoms with Crippen LogP contribution in [0.2, 0.25) is 0 Å². The van der Waals surface area contributed by atoms with Crippen LogP contribution >= 0.6 is 27.3 Å². The van der Waals surface area contributed by atoms with Gasteiger partial charge in [0.05, 0.1) is 5.56 Å². The summed E-state index contributed by atoms with van der Waals surface area (Å²) in [6.07, 6.45) is 0. The molecule has 22 heavy (non-hydrogen) atoms. The van der Waals surface area contributed by atoms with Gasteiger partial charge in [-0.15, -0.1) is 11.3 Å². The Bertz CT molecular complexity index is 799. The van der Waals surface area contributed by atoms with E-state index in [1.807, 2.05) is 18.5 Å². The van der Waals surface area contributed by atoms with Crippen LogP contribution in [0.5, 0.6) is 0 Å².